The smallest absolute Gasteiger partial charge is 0.128 e. The molecule has 5 heteroatoms. The standard InChI is InChI=1S/C16H21N5/c1-13-10-19-15(11-18-13)12-20-14-5-8-21(9-6-14)16-4-2-3-7-17-16/h2-4,7,10-11,14,20H,5-6,8-9,12H2,1H3. The van der Waals surface area contributed by atoms with Crippen molar-refractivity contribution in [3.05, 3.63) is 48.2 Å². The first-order valence-electron chi connectivity index (χ1n) is 7.48. The molecule has 1 fully saturated rings. The van der Waals surface area contributed by atoms with Crippen LogP contribution in [0.4, 0.5) is 5.82 Å². The molecule has 1 N–H and O–H groups in total. The Morgan fingerprint density at radius 3 is 2.67 bits per heavy atom. The number of rotatable bonds is 4. The van der Waals surface area contributed by atoms with Gasteiger partial charge in [0, 0.05) is 44.3 Å². The Morgan fingerprint density at radius 2 is 2.00 bits per heavy atom. The minimum Gasteiger partial charge on any atom is -0.357 e. The molecule has 0 amide bonds. The third-order valence-corrected chi connectivity index (χ3v) is 3.87. The number of nitrogens with zero attached hydrogens (tertiary/aromatic N) is 4. The van der Waals surface area contributed by atoms with Crippen LogP contribution in [-0.2, 0) is 6.54 Å². The van der Waals surface area contributed by atoms with Crippen LogP contribution in [0.3, 0.4) is 0 Å². The average Bonchev–Trinajstić information content (AvgIpc) is 2.56. The average molecular weight is 283 g/mol. The second kappa shape index (κ2) is 6.63. The maximum atomic E-state index is 4.42. The van der Waals surface area contributed by atoms with Crippen molar-refractivity contribution in [2.75, 3.05) is 18.0 Å². The Hall–Kier alpha value is -2.01. The number of piperidine rings is 1. The van der Waals surface area contributed by atoms with Crippen LogP contribution < -0.4 is 10.2 Å². The molecule has 2 aromatic heterocycles. The van der Waals surface area contributed by atoms with Crippen LogP contribution in [0.1, 0.15) is 24.2 Å². The molecule has 0 atom stereocenters. The predicted molar refractivity (Wildman–Crippen MR) is 83.1 cm³/mol. The first kappa shape index (κ1) is 13.9. The summed E-state index contributed by atoms with van der Waals surface area (Å²) in [7, 11) is 0. The monoisotopic (exact) mass is 283 g/mol. The highest BCUT2D eigenvalue weighted by Crippen LogP contribution is 2.17. The number of anilines is 1. The minimum atomic E-state index is 0.549. The first-order valence-corrected chi connectivity index (χ1v) is 7.48. The zero-order valence-corrected chi connectivity index (χ0v) is 12.4. The summed E-state index contributed by atoms with van der Waals surface area (Å²) in [6.45, 7) is 4.85. The second-order valence-corrected chi connectivity index (χ2v) is 5.48. The lowest BCUT2D eigenvalue weighted by Crippen LogP contribution is -2.42. The Labute approximate surface area is 125 Å². The summed E-state index contributed by atoms with van der Waals surface area (Å²) >= 11 is 0. The zero-order valence-electron chi connectivity index (χ0n) is 12.4. The highest BCUT2D eigenvalue weighted by molar-refractivity contribution is 5.38. The van der Waals surface area contributed by atoms with E-state index in [2.05, 4.69) is 31.2 Å². The van der Waals surface area contributed by atoms with E-state index < -0.39 is 0 Å². The molecule has 0 saturated carbocycles. The molecule has 0 unspecified atom stereocenters. The normalized spacial score (nSPS) is 16.1. The van der Waals surface area contributed by atoms with E-state index in [1.807, 2.05) is 37.6 Å². The van der Waals surface area contributed by atoms with Gasteiger partial charge >= 0.3 is 0 Å². The molecule has 1 aliphatic heterocycles. The van der Waals surface area contributed by atoms with Gasteiger partial charge in [0.1, 0.15) is 5.82 Å². The highest BCUT2D eigenvalue weighted by Gasteiger charge is 2.19. The summed E-state index contributed by atoms with van der Waals surface area (Å²) in [6, 6.07) is 6.63. The molecule has 0 bridgehead atoms. The van der Waals surface area contributed by atoms with Crippen molar-refractivity contribution in [2.24, 2.45) is 0 Å². The van der Waals surface area contributed by atoms with E-state index in [0.717, 1.165) is 49.7 Å². The Morgan fingerprint density at radius 1 is 1.14 bits per heavy atom. The Kier molecular flexibility index (Phi) is 4.40. The molecule has 1 saturated heterocycles. The molecule has 5 nitrogen and oxygen atoms in total. The van der Waals surface area contributed by atoms with Crippen molar-refractivity contribution in [3.8, 4) is 0 Å². The summed E-state index contributed by atoms with van der Waals surface area (Å²) in [4.78, 5) is 15.4. The third kappa shape index (κ3) is 3.76. The van der Waals surface area contributed by atoms with Gasteiger partial charge in [0.25, 0.3) is 0 Å². The maximum Gasteiger partial charge on any atom is 0.128 e. The molecule has 2 aromatic rings. The molecule has 3 rings (SSSR count). The van der Waals surface area contributed by atoms with Crippen LogP contribution in [0.2, 0.25) is 0 Å². The lowest BCUT2D eigenvalue weighted by Gasteiger charge is -2.33. The number of hydrogen-bond acceptors (Lipinski definition) is 5. The summed E-state index contributed by atoms with van der Waals surface area (Å²) in [6.07, 6.45) is 7.80. The van der Waals surface area contributed by atoms with Gasteiger partial charge in [-0.05, 0) is 31.9 Å². The number of pyridine rings is 1. The van der Waals surface area contributed by atoms with Gasteiger partial charge in [-0.1, -0.05) is 6.07 Å². The van der Waals surface area contributed by atoms with Crippen molar-refractivity contribution in [2.45, 2.75) is 32.4 Å². The van der Waals surface area contributed by atoms with E-state index in [4.69, 9.17) is 0 Å². The fraction of sp³-hybridized carbons (Fsp3) is 0.438. The van der Waals surface area contributed by atoms with Crippen LogP contribution in [0.5, 0.6) is 0 Å². The summed E-state index contributed by atoms with van der Waals surface area (Å²) < 4.78 is 0. The van der Waals surface area contributed by atoms with Crippen molar-refractivity contribution >= 4 is 5.82 Å². The van der Waals surface area contributed by atoms with Gasteiger partial charge in [-0.15, -0.1) is 0 Å². The van der Waals surface area contributed by atoms with Crippen molar-refractivity contribution in [1.29, 1.82) is 0 Å². The Balaban J connectivity index is 1.47. The summed E-state index contributed by atoms with van der Waals surface area (Å²) in [5.41, 5.74) is 1.97. The molecule has 110 valence electrons. The molecular weight excluding hydrogens is 262 g/mol. The largest absolute Gasteiger partial charge is 0.357 e. The van der Waals surface area contributed by atoms with Crippen LogP contribution in [0, 0.1) is 6.92 Å². The molecule has 3 heterocycles. The fourth-order valence-corrected chi connectivity index (χ4v) is 2.61. The fourth-order valence-electron chi connectivity index (χ4n) is 2.61. The lowest BCUT2D eigenvalue weighted by atomic mass is 10.0. The van der Waals surface area contributed by atoms with Gasteiger partial charge in [0.15, 0.2) is 0 Å². The maximum absolute atomic E-state index is 4.42. The molecule has 0 spiro atoms. The molecule has 0 aliphatic carbocycles. The topological polar surface area (TPSA) is 53.9 Å². The van der Waals surface area contributed by atoms with E-state index in [1.54, 1.807) is 0 Å². The van der Waals surface area contributed by atoms with Gasteiger partial charge in [-0.25, -0.2) is 4.98 Å². The first-order chi connectivity index (χ1) is 10.3. The highest BCUT2D eigenvalue weighted by atomic mass is 15.2. The zero-order chi connectivity index (χ0) is 14.5. The number of aromatic nitrogens is 3. The number of aryl methyl sites for hydroxylation is 1. The van der Waals surface area contributed by atoms with E-state index in [0.29, 0.717) is 6.04 Å². The number of hydrogen-bond donors (Lipinski definition) is 1. The third-order valence-electron chi connectivity index (χ3n) is 3.87. The minimum absolute atomic E-state index is 0.549. The van der Waals surface area contributed by atoms with Crippen molar-refractivity contribution in [3.63, 3.8) is 0 Å². The quantitative estimate of drug-likeness (QED) is 0.929. The summed E-state index contributed by atoms with van der Waals surface area (Å²) in [5, 5.41) is 3.58. The van der Waals surface area contributed by atoms with Gasteiger partial charge in [0.05, 0.1) is 11.4 Å². The predicted octanol–water partition coefficient (Wildman–Crippen LogP) is 1.94. The van der Waals surface area contributed by atoms with Crippen molar-refractivity contribution < 1.29 is 0 Å². The van der Waals surface area contributed by atoms with Crippen LogP contribution in [-0.4, -0.2) is 34.1 Å². The van der Waals surface area contributed by atoms with Crippen LogP contribution in [0.25, 0.3) is 0 Å². The van der Waals surface area contributed by atoms with E-state index in [-0.39, 0.29) is 0 Å². The Bertz CT molecular complexity index is 547. The van der Waals surface area contributed by atoms with Gasteiger partial charge in [-0.3, -0.25) is 9.97 Å². The van der Waals surface area contributed by atoms with E-state index in [9.17, 15) is 0 Å². The van der Waals surface area contributed by atoms with E-state index in [1.165, 1.54) is 0 Å². The molecule has 0 radical (unpaired) electrons. The molecule has 1 aliphatic rings. The van der Waals surface area contributed by atoms with Crippen molar-refractivity contribution in [1.82, 2.24) is 20.3 Å². The molecule has 0 aromatic carbocycles. The lowest BCUT2D eigenvalue weighted by molar-refractivity contribution is 0.410. The molecular formula is C16H21N5. The van der Waals surface area contributed by atoms with Gasteiger partial charge in [-0.2, -0.15) is 0 Å². The molecule has 21 heavy (non-hydrogen) atoms. The van der Waals surface area contributed by atoms with Gasteiger partial charge in [0.2, 0.25) is 0 Å². The second-order valence-electron chi connectivity index (χ2n) is 5.48. The summed E-state index contributed by atoms with van der Waals surface area (Å²) in [5.74, 6) is 1.08. The number of nitrogens with one attached hydrogen (secondary N) is 1. The van der Waals surface area contributed by atoms with E-state index >= 15 is 0 Å². The SMILES string of the molecule is Cc1cnc(CNC2CCN(c3ccccn3)CC2)cn1. The van der Waals surface area contributed by atoms with Crippen LogP contribution in [0.15, 0.2) is 36.8 Å². The van der Waals surface area contributed by atoms with Gasteiger partial charge < -0.3 is 10.2 Å². The van der Waals surface area contributed by atoms with Crippen LogP contribution >= 0.6 is 0 Å².